The monoisotopic (exact) mass is 290 g/mol. The molecule has 2 rings (SSSR count). The van der Waals surface area contributed by atoms with Gasteiger partial charge < -0.3 is 10.0 Å². The molecular formula is C17H26N2O2. The smallest absolute Gasteiger partial charge is 0.230 e. The Bertz CT molecular complexity index is 436. The normalized spacial score (nSPS) is 18.3. The number of amides is 1. The van der Waals surface area contributed by atoms with E-state index in [-0.39, 0.29) is 18.4 Å². The largest absolute Gasteiger partial charge is 0.395 e. The molecule has 4 heteroatoms. The molecule has 1 fully saturated rings. The van der Waals surface area contributed by atoms with Gasteiger partial charge in [-0.2, -0.15) is 0 Å². The molecule has 1 unspecified atom stereocenters. The van der Waals surface area contributed by atoms with Crippen molar-refractivity contribution in [2.75, 3.05) is 39.3 Å². The van der Waals surface area contributed by atoms with Crippen LogP contribution < -0.4 is 0 Å². The Morgan fingerprint density at radius 3 is 2.62 bits per heavy atom. The number of carbonyl (C=O) groups is 1. The third-order valence-electron chi connectivity index (χ3n) is 4.22. The van der Waals surface area contributed by atoms with Crippen LogP contribution >= 0.6 is 0 Å². The van der Waals surface area contributed by atoms with Crippen molar-refractivity contribution in [2.45, 2.75) is 25.7 Å². The molecule has 1 aliphatic rings. The lowest BCUT2D eigenvalue weighted by atomic mass is 9.95. The van der Waals surface area contributed by atoms with Crippen molar-refractivity contribution in [3.05, 3.63) is 35.9 Å². The molecule has 0 aliphatic carbocycles. The molecule has 0 saturated carbocycles. The standard InChI is InChI=1S/C17H26N2O2/c1-2-16(15-7-4-3-5-8-15)17(21)19-10-6-9-18(11-12-19)13-14-20/h3-5,7-8,16,20H,2,6,9-14H2,1H3. The Kier molecular flexibility index (Phi) is 6.21. The van der Waals surface area contributed by atoms with E-state index in [1.807, 2.05) is 35.2 Å². The van der Waals surface area contributed by atoms with Crippen LogP contribution in [0.4, 0.5) is 0 Å². The zero-order valence-electron chi connectivity index (χ0n) is 12.9. The van der Waals surface area contributed by atoms with Gasteiger partial charge in [-0.15, -0.1) is 0 Å². The number of β-amino-alcohol motifs (C(OH)–C–C–N with tert-alkyl or cyclic N) is 1. The van der Waals surface area contributed by atoms with Crippen molar-refractivity contribution in [3.63, 3.8) is 0 Å². The van der Waals surface area contributed by atoms with Crippen molar-refractivity contribution in [2.24, 2.45) is 0 Å². The molecule has 1 atom stereocenters. The molecule has 1 aliphatic heterocycles. The third-order valence-corrected chi connectivity index (χ3v) is 4.22. The maximum Gasteiger partial charge on any atom is 0.230 e. The van der Waals surface area contributed by atoms with E-state index in [0.29, 0.717) is 6.54 Å². The maximum atomic E-state index is 12.8. The van der Waals surface area contributed by atoms with E-state index in [9.17, 15) is 4.79 Å². The fraction of sp³-hybridized carbons (Fsp3) is 0.588. The van der Waals surface area contributed by atoms with Gasteiger partial charge in [0.25, 0.3) is 0 Å². The van der Waals surface area contributed by atoms with Crippen LogP contribution in [0, 0.1) is 0 Å². The Morgan fingerprint density at radius 1 is 1.19 bits per heavy atom. The van der Waals surface area contributed by atoms with Crippen molar-refractivity contribution in [1.82, 2.24) is 9.80 Å². The van der Waals surface area contributed by atoms with Gasteiger partial charge in [-0.05, 0) is 24.9 Å². The Hall–Kier alpha value is -1.39. The number of hydrogen-bond donors (Lipinski definition) is 1. The second kappa shape index (κ2) is 8.15. The first-order valence-corrected chi connectivity index (χ1v) is 7.93. The summed E-state index contributed by atoms with van der Waals surface area (Å²) in [5.41, 5.74) is 1.11. The fourth-order valence-electron chi connectivity index (χ4n) is 3.01. The minimum atomic E-state index is -0.0319. The summed E-state index contributed by atoms with van der Waals surface area (Å²) in [6, 6.07) is 10.1. The molecule has 0 spiro atoms. The van der Waals surface area contributed by atoms with Crippen LogP contribution in [0.3, 0.4) is 0 Å². The highest BCUT2D eigenvalue weighted by atomic mass is 16.3. The summed E-state index contributed by atoms with van der Waals surface area (Å²) in [7, 11) is 0. The molecule has 1 amide bonds. The van der Waals surface area contributed by atoms with Gasteiger partial charge in [-0.3, -0.25) is 9.69 Å². The molecule has 0 bridgehead atoms. The fourth-order valence-corrected chi connectivity index (χ4v) is 3.01. The molecule has 0 radical (unpaired) electrons. The summed E-state index contributed by atoms with van der Waals surface area (Å²) in [6.45, 7) is 6.38. The SMILES string of the molecule is CCC(C(=O)N1CCCN(CCO)CC1)c1ccccc1. The number of benzene rings is 1. The van der Waals surface area contributed by atoms with Crippen molar-refractivity contribution >= 4 is 5.91 Å². The number of nitrogens with zero attached hydrogens (tertiary/aromatic N) is 2. The van der Waals surface area contributed by atoms with Crippen LogP contribution in [0.5, 0.6) is 0 Å². The molecule has 1 saturated heterocycles. The lowest BCUT2D eigenvalue weighted by molar-refractivity contribution is -0.132. The summed E-state index contributed by atoms with van der Waals surface area (Å²) < 4.78 is 0. The number of hydrogen-bond acceptors (Lipinski definition) is 3. The maximum absolute atomic E-state index is 12.8. The predicted molar refractivity (Wildman–Crippen MR) is 84.2 cm³/mol. The quantitative estimate of drug-likeness (QED) is 0.898. The topological polar surface area (TPSA) is 43.8 Å². The Labute approximate surface area is 127 Å². The third kappa shape index (κ3) is 4.29. The molecule has 1 N–H and O–H groups in total. The second-order valence-corrected chi connectivity index (χ2v) is 5.62. The summed E-state index contributed by atoms with van der Waals surface area (Å²) in [5.74, 6) is 0.213. The van der Waals surface area contributed by atoms with Crippen LogP contribution in [0.2, 0.25) is 0 Å². The van der Waals surface area contributed by atoms with E-state index in [1.54, 1.807) is 0 Å². The minimum Gasteiger partial charge on any atom is -0.395 e. The first-order valence-electron chi connectivity index (χ1n) is 7.93. The zero-order valence-corrected chi connectivity index (χ0v) is 12.9. The van der Waals surface area contributed by atoms with E-state index < -0.39 is 0 Å². The van der Waals surface area contributed by atoms with Gasteiger partial charge in [0.05, 0.1) is 12.5 Å². The lowest BCUT2D eigenvalue weighted by Crippen LogP contribution is -2.38. The highest BCUT2D eigenvalue weighted by molar-refractivity contribution is 5.83. The average Bonchev–Trinajstić information content (AvgIpc) is 2.75. The summed E-state index contributed by atoms with van der Waals surface area (Å²) in [5, 5.41) is 9.04. The number of aliphatic hydroxyl groups excluding tert-OH is 1. The van der Waals surface area contributed by atoms with Crippen molar-refractivity contribution in [3.8, 4) is 0 Å². The van der Waals surface area contributed by atoms with Gasteiger partial charge in [0.15, 0.2) is 0 Å². The molecule has 1 aromatic rings. The van der Waals surface area contributed by atoms with Crippen molar-refractivity contribution in [1.29, 1.82) is 0 Å². The summed E-state index contributed by atoms with van der Waals surface area (Å²) >= 11 is 0. The molecule has 1 aromatic carbocycles. The van der Waals surface area contributed by atoms with Gasteiger partial charge in [-0.25, -0.2) is 0 Å². The molecular weight excluding hydrogens is 264 g/mol. The molecule has 0 aromatic heterocycles. The van der Waals surface area contributed by atoms with Crippen LogP contribution in [0.1, 0.15) is 31.2 Å². The van der Waals surface area contributed by atoms with Gasteiger partial charge >= 0.3 is 0 Å². The highest BCUT2D eigenvalue weighted by Gasteiger charge is 2.25. The van der Waals surface area contributed by atoms with E-state index in [4.69, 9.17) is 5.11 Å². The molecule has 4 nitrogen and oxygen atoms in total. The van der Waals surface area contributed by atoms with Gasteiger partial charge in [-0.1, -0.05) is 37.3 Å². The summed E-state index contributed by atoms with van der Waals surface area (Å²) in [4.78, 5) is 17.0. The first-order chi connectivity index (χ1) is 10.3. The van der Waals surface area contributed by atoms with E-state index in [0.717, 1.165) is 44.6 Å². The number of rotatable bonds is 5. The minimum absolute atomic E-state index is 0.0319. The van der Waals surface area contributed by atoms with Gasteiger partial charge in [0.1, 0.15) is 0 Å². The van der Waals surface area contributed by atoms with Crippen LogP contribution in [0.25, 0.3) is 0 Å². The molecule has 116 valence electrons. The first kappa shape index (κ1) is 16.0. The molecule has 21 heavy (non-hydrogen) atoms. The van der Waals surface area contributed by atoms with Crippen LogP contribution in [-0.2, 0) is 4.79 Å². The average molecular weight is 290 g/mol. The van der Waals surface area contributed by atoms with E-state index in [1.165, 1.54) is 0 Å². The number of aliphatic hydroxyl groups is 1. The predicted octanol–water partition coefficient (Wildman–Crippen LogP) is 1.71. The van der Waals surface area contributed by atoms with E-state index in [2.05, 4.69) is 11.8 Å². The van der Waals surface area contributed by atoms with Gasteiger partial charge in [0.2, 0.25) is 5.91 Å². The van der Waals surface area contributed by atoms with E-state index >= 15 is 0 Å². The lowest BCUT2D eigenvalue weighted by Gasteiger charge is -2.26. The second-order valence-electron chi connectivity index (χ2n) is 5.62. The van der Waals surface area contributed by atoms with Gasteiger partial charge in [0, 0.05) is 26.2 Å². The molecule has 1 heterocycles. The highest BCUT2D eigenvalue weighted by Crippen LogP contribution is 2.22. The van der Waals surface area contributed by atoms with Crippen LogP contribution in [-0.4, -0.2) is 60.1 Å². The van der Waals surface area contributed by atoms with Crippen molar-refractivity contribution < 1.29 is 9.90 Å². The Balaban J connectivity index is 2.01. The Morgan fingerprint density at radius 2 is 1.95 bits per heavy atom. The van der Waals surface area contributed by atoms with Crippen LogP contribution in [0.15, 0.2) is 30.3 Å². The number of carbonyl (C=O) groups excluding carboxylic acids is 1. The zero-order chi connectivity index (χ0) is 15.1. The summed E-state index contributed by atoms with van der Waals surface area (Å²) in [6.07, 6.45) is 1.82.